The first-order valence-corrected chi connectivity index (χ1v) is 7.36. The summed E-state index contributed by atoms with van der Waals surface area (Å²) in [5.74, 6) is 1.62. The lowest BCUT2D eigenvalue weighted by Gasteiger charge is -2.10. The van der Waals surface area contributed by atoms with Crippen LogP contribution in [0.3, 0.4) is 0 Å². The molecular weight excluding hydrogens is 262 g/mol. The quantitative estimate of drug-likeness (QED) is 0.852. The molecular formula is C14H17NOS2. The fourth-order valence-electron chi connectivity index (χ4n) is 1.72. The van der Waals surface area contributed by atoms with E-state index >= 15 is 0 Å². The van der Waals surface area contributed by atoms with Gasteiger partial charge < -0.3 is 4.74 Å². The first-order chi connectivity index (χ1) is 8.60. The number of thiol groups is 1. The Morgan fingerprint density at radius 3 is 2.56 bits per heavy atom. The van der Waals surface area contributed by atoms with Crippen molar-refractivity contribution < 1.29 is 4.74 Å². The third kappa shape index (κ3) is 3.06. The summed E-state index contributed by atoms with van der Waals surface area (Å²) in [4.78, 5) is 4.43. The van der Waals surface area contributed by atoms with Gasteiger partial charge in [-0.05, 0) is 43.5 Å². The minimum Gasteiger partial charge on any atom is -0.486 e. The van der Waals surface area contributed by atoms with Crippen LogP contribution in [0.25, 0.3) is 0 Å². The molecule has 0 saturated heterocycles. The summed E-state index contributed by atoms with van der Waals surface area (Å²) in [6.07, 6.45) is 0. The van der Waals surface area contributed by atoms with E-state index in [0.717, 1.165) is 16.5 Å². The summed E-state index contributed by atoms with van der Waals surface area (Å²) < 4.78 is 5.84. The van der Waals surface area contributed by atoms with Gasteiger partial charge in [-0.25, -0.2) is 4.98 Å². The minimum absolute atomic E-state index is 0.530. The highest BCUT2D eigenvalue weighted by Gasteiger charge is 2.05. The second kappa shape index (κ2) is 5.76. The molecule has 1 aromatic heterocycles. The van der Waals surface area contributed by atoms with Crippen LogP contribution in [0, 0.1) is 20.8 Å². The zero-order chi connectivity index (χ0) is 13.1. The number of nitrogens with zero attached hydrogens (tertiary/aromatic N) is 1. The van der Waals surface area contributed by atoms with Crippen LogP contribution in [0.15, 0.2) is 17.5 Å². The molecule has 0 aliphatic heterocycles. The highest BCUT2D eigenvalue weighted by atomic mass is 32.1. The Labute approximate surface area is 117 Å². The summed E-state index contributed by atoms with van der Waals surface area (Å²) in [7, 11) is 0. The van der Waals surface area contributed by atoms with Crippen LogP contribution in [0.4, 0.5) is 0 Å². The molecule has 0 bridgehead atoms. The van der Waals surface area contributed by atoms with Crippen LogP contribution < -0.4 is 4.74 Å². The molecule has 0 aliphatic rings. The lowest BCUT2D eigenvalue weighted by Crippen LogP contribution is -1.98. The maximum atomic E-state index is 5.84. The predicted molar refractivity (Wildman–Crippen MR) is 79.8 cm³/mol. The van der Waals surface area contributed by atoms with Crippen molar-refractivity contribution in [2.75, 3.05) is 0 Å². The average molecular weight is 279 g/mol. The molecule has 1 aromatic carbocycles. The van der Waals surface area contributed by atoms with Crippen molar-refractivity contribution in [1.82, 2.24) is 4.98 Å². The lowest BCUT2D eigenvalue weighted by molar-refractivity contribution is 0.303. The average Bonchev–Trinajstić information content (AvgIpc) is 2.80. The number of aryl methyl sites for hydroxylation is 3. The van der Waals surface area contributed by atoms with Gasteiger partial charge in [0.2, 0.25) is 0 Å². The second-order valence-corrected chi connectivity index (χ2v) is 5.64. The molecule has 4 heteroatoms. The Bertz CT molecular complexity index is 549. The highest BCUT2D eigenvalue weighted by molar-refractivity contribution is 7.79. The molecule has 0 N–H and O–H groups in total. The van der Waals surface area contributed by atoms with Crippen molar-refractivity contribution in [2.24, 2.45) is 0 Å². The highest BCUT2D eigenvalue weighted by Crippen LogP contribution is 2.24. The Kier molecular flexibility index (Phi) is 4.30. The topological polar surface area (TPSA) is 22.1 Å². The molecule has 2 aromatic rings. The zero-order valence-corrected chi connectivity index (χ0v) is 12.6. The summed E-state index contributed by atoms with van der Waals surface area (Å²) in [6, 6.07) is 4.25. The molecule has 0 aliphatic carbocycles. The number of hydrogen-bond acceptors (Lipinski definition) is 4. The van der Waals surface area contributed by atoms with Crippen LogP contribution >= 0.6 is 24.0 Å². The summed E-state index contributed by atoms with van der Waals surface area (Å²) in [5, 5.41) is 3.02. The normalized spacial score (nSPS) is 10.7. The molecule has 0 unspecified atom stereocenters. The maximum Gasteiger partial charge on any atom is 0.140 e. The Balaban J connectivity index is 2.08. The first-order valence-electron chi connectivity index (χ1n) is 5.85. The van der Waals surface area contributed by atoms with Crippen molar-refractivity contribution >= 4 is 24.0 Å². The maximum absolute atomic E-state index is 5.84. The van der Waals surface area contributed by atoms with Gasteiger partial charge in [-0.15, -0.1) is 11.3 Å². The molecule has 0 atom stereocenters. The zero-order valence-electron chi connectivity index (χ0n) is 10.9. The van der Waals surface area contributed by atoms with E-state index in [1.54, 1.807) is 11.3 Å². The van der Waals surface area contributed by atoms with E-state index < -0.39 is 0 Å². The number of thiazole rings is 1. The summed E-state index contributed by atoms with van der Waals surface area (Å²) in [5.41, 5.74) is 4.74. The molecule has 1 heterocycles. The van der Waals surface area contributed by atoms with Gasteiger partial charge in [0.1, 0.15) is 17.4 Å². The van der Waals surface area contributed by atoms with E-state index in [0.29, 0.717) is 12.4 Å². The molecule has 0 fully saturated rings. The van der Waals surface area contributed by atoms with E-state index in [-0.39, 0.29) is 0 Å². The number of benzene rings is 1. The van der Waals surface area contributed by atoms with Crippen LogP contribution in [0.2, 0.25) is 0 Å². The SMILES string of the molecule is Cc1cc(C)c(OCc2nc(CS)cs2)cc1C. The van der Waals surface area contributed by atoms with Crippen molar-refractivity contribution in [1.29, 1.82) is 0 Å². The standard InChI is InChI=1S/C14H17NOS2/c1-9-4-11(3)13(5-10(9)2)16-6-14-15-12(7-17)8-18-14/h4-5,8,17H,6-7H2,1-3H3. The van der Waals surface area contributed by atoms with Gasteiger partial charge in [0.05, 0.1) is 5.69 Å². The predicted octanol–water partition coefficient (Wildman–Crippen LogP) is 4.08. The van der Waals surface area contributed by atoms with Crippen molar-refractivity contribution in [3.63, 3.8) is 0 Å². The number of hydrogen-bond donors (Lipinski definition) is 1. The molecule has 0 radical (unpaired) electrons. The fourth-order valence-corrected chi connectivity index (χ4v) is 2.71. The molecule has 2 nitrogen and oxygen atoms in total. The van der Waals surface area contributed by atoms with Gasteiger partial charge in [0.15, 0.2) is 0 Å². The fraction of sp³-hybridized carbons (Fsp3) is 0.357. The summed E-state index contributed by atoms with van der Waals surface area (Å²) >= 11 is 5.83. The molecule has 2 rings (SSSR count). The molecule has 18 heavy (non-hydrogen) atoms. The van der Waals surface area contributed by atoms with Gasteiger partial charge in [-0.1, -0.05) is 6.07 Å². The van der Waals surface area contributed by atoms with E-state index in [1.165, 1.54) is 16.7 Å². The van der Waals surface area contributed by atoms with E-state index in [9.17, 15) is 0 Å². The number of ether oxygens (including phenoxy) is 1. The first kappa shape index (κ1) is 13.4. The Morgan fingerprint density at radius 1 is 1.17 bits per heavy atom. The van der Waals surface area contributed by atoms with Crippen LogP contribution in [0.1, 0.15) is 27.4 Å². The van der Waals surface area contributed by atoms with Crippen molar-refractivity contribution in [2.45, 2.75) is 33.1 Å². The van der Waals surface area contributed by atoms with Crippen LogP contribution in [-0.4, -0.2) is 4.98 Å². The monoisotopic (exact) mass is 279 g/mol. The summed E-state index contributed by atoms with van der Waals surface area (Å²) in [6.45, 7) is 6.82. The van der Waals surface area contributed by atoms with Gasteiger partial charge in [-0.2, -0.15) is 12.6 Å². The number of aromatic nitrogens is 1. The van der Waals surface area contributed by atoms with Crippen LogP contribution in [0.5, 0.6) is 5.75 Å². The van der Waals surface area contributed by atoms with Gasteiger partial charge in [-0.3, -0.25) is 0 Å². The van der Waals surface area contributed by atoms with Gasteiger partial charge in [0, 0.05) is 11.1 Å². The van der Waals surface area contributed by atoms with Crippen LogP contribution in [-0.2, 0) is 12.4 Å². The molecule has 0 amide bonds. The van der Waals surface area contributed by atoms with Gasteiger partial charge >= 0.3 is 0 Å². The van der Waals surface area contributed by atoms with Gasteiger partial charge in [0.25, 0.3) is 0 Å². The molecule has 0 spiro atoms. The third-order valence-corrected chi connectivity index (χ3v) is 4.10. The Hall–Kier alpha value is -1.00. The molecule has 96 valence electrons. The number of rotatable bonds is 4. The van der Waals surface area contributed by atoms with Crippen molar-refractivity contribution in [3.05, 3.63) is 44.9 Å². The van der Waals surface area contributed by atoms with Crippen molar-refractivity contribution in [3.8, 4) is 5.75 Å². The Morgan fingerprint density at radius 2 is 1.89 bits per heavy atom. The third-order valence-electron chi connectivity index (χ3n) is 2.90. The van der Waals surface area contributed by atoms with E-state index in [2.05, 4.69) is 50.5 Å². The van der Waals surface area contributed by atoms with E-state index in [1.807, 2.05) is 5.38 Å². The largest absolute Gasteiger partial charge is 0.486 e. The smallest absolute Gasteiger partial charge is 0.140 e. The lowest BCUT2D eigenvalue weighted by atomic mass is 10.1. The molecule has 0 saturated carbocycles. The second-order valence-electron chi connectivity index (χ2n) is 4.38. The van der Waals surface area contributed by atoms with E-state index in [4.69, 9.17) is 4.74 Å². The minimum atomic E-state index is 0.530.